The van der Waals surface area contributed by atoms with Crippen molar-refractivity contribution in [3.63, 3.8) is 0 Å². The molecule has 148 valence electrons. The van der Waals surface area contributed by atoms with Crippen LogP contribution in [-0.4, -0.2) is 48.6 Å². The van der Waals surface area contributed by atoms with Gasteiger partial charge in [0.1, 0.15) is 0 Å². The average molecular weight is 379 g/mol. The molecule has 0 aliphatic carbocycles. The van der Waals surface area contributed by atoms with Gasteiger partial charge in [-0.05, 0) is 25.0 Å². The summed E-state index contributed by atoms with van der Waals surface area (Å²) in [6.45, 7) is 9.17. The van der Waals surface area contributed by atoms with Gasteiger partial charge in [-0.15, -0.1) is 0 Å². The van der Waals surface area contributed by atoms with Gasteiger partial charge in [-0.25, -0.2) is 0 Å². The maximum atomic E-state index is 12.9. The summed E-state index contributed by atoms with van der Waals surface area (Å²) >= 11 is 0. The fourth-order valence-electron chi connectivity index (χ4n) is 4.68. The summed E-state index contributed by atoms with van der Waals surface area (Å²) in [5.41, 5.74) is 3.70. The smallest absolute Gasteiger partial charge is 0.223 e. The van der Waals surface area contributed by atoms with E-state index in [2.05, 4.69) is 60.0 Å². The van der Waals surface area contributed by atoms with Crippen molar-refractivity contribution in [1.82, 2.24) is 9.80 Å². The SMILES string of the molecule is Cc1cccc(CN2CCOC[C@@]3(CC(=O)N([C@@H](C)c4ccccc4)C3)C2)c1. The van der Waals surface area contributed by atoms with Crippen LogP contribution >= 0.6 is 0 Å². The Morgan fingerprint density at radius 1 is 1.11 bits per heavy atom. The van der Waals surface area contributed by atoms with Gasteiger partial charge in [0, 0.05) is 38.0 Å². The summed E-state index contributed by atoms with van der Waals surface area (Å²) in [7, 11) is 0. The zero-order valence-corrected chi connectivity index (χ0v) is 16.9. The van der Waals surface area contributed by atoms with Gasteiger partial charge in [0.15, 0.2) is 0 Å². The molecule has 2 atom stereocenters. The normalized spacial score (nSPS) is 24.5. The summed E-state index contributed by atoms with van der Waals surface area (Å²) in [6.07, 6.45) is 0.578. The number of benzene rings is 2. The highest BCUT2D eigenvalue weighted by atomic mass is 16.5. The Hall–Kier alpha value is -2.17. The van der Waals surface area contributed by atoms with Crippen LogP contribution < -0.4 is 0 Å². The first-order chi connectivity index (χ1) is 13.5. The minimum absolute atomic E-state index is 0.0987. The van der Waals surface area contributed by atoms with E-state index in [0.717, 1.165) is 32.8 Å². The first-order valence-corrected chi connectivity index (χ1v) is 10.2. The lowest BCUT2D eigenvalue weighted by molar-refractivity contribution is -0.129. The first kappa shape index (κ1) is 19.2. The number of rotatable bonds is 4. The molecule has 1 amide bonds. The van der Waals surface area contributed by atoms with E-state index in [0.29, 0.717) is 13.0 Å². The lowest BCUT2D eigenvalue weighted by Gasteiger charge is -2.33. The molecule has 0 unspecified atom stereocenters. The average Bonchev–Trinajstić information content (AvgIpc) is 2.88. The zero-order chi connectivity index (χ0) is 19.6. The van der Waals surface area contributed by atoms with Gasteiger partial charge < -0.3 is 9.64 Å². The molecule has 2 aromatic carbocycles. The molecule has 4 nitrogen and oxygen atoms in total. The Labute approximate surface area is 168 Å². The van der Waals surface area contributed by atoms with Crippen molar-refractivity contribution in [3.05, 3.63) is 71.3 Å². The molecule has 0 radical (unpaired) electrons. The van der Waals surface area contributed by atoms with Gasteiger partial charge in [-0.2, -0.15) is 0 Å². The zero-order valence-electron chi connectivity index (χ0n) is 16.9. The number of nitrogens with zero attached hydrogens (tertiary/aromatic N) is 2. The predicted octanol–water partition coefficient (Wildman–Crippen LogP) is 3.81. The van der Waals surface area contributed by atoms with E-state index in [1.807, 2.05) is 18.2 Å². The second kappa shape index (κ2) is 8.06. The molecule has 0 aromatic heterocycles. The Morgan fingerprint density at radius 3 is 2.71 bits per heavy atom. The summed E-state index contributed by atoms with van der Waals surface area (Å²) in [4.78, 5) is 17.5. The van der Waals surface area contributed by atoms with Crippen molar-refractivity contribution in [2.45, 2.75) is 32.9 Å². The molecule has 4 heteroatoms. The summed E-state index contributed by atoms with van der Waals surface area (Å²) in [5, 5.41) is 0. The second-order valence-electron chi connectivity index (χ2n) is 8.54. The fraction of sp³-hybridized carbons (Fsp3) is 0.458. The van der Waals surface area contributed by atoms with Crippen LogP contribution in [-0.2, 0) is 16.1 Å². The molecule has 0 saturated carbocycles. The second-order valence-corrected chi connectivity index (χ2v) is 8.54. The quantitative estimate of drug-likeness (QED) is 0.811. The molecule has 2 aliphatic rings. The highest BCUT2D eigenvalue weighted by Gasteiger charge is 2.46. The molecule has 1 spiro atoms. The predicted molar refractivity (Wildman–Crippen MR) is 111 cm³/mol. The lowest BCUT2D eigenvalue weighted by atomic mass is 9.87. The van der Waals surface area contributed by atoms with Crippen molar-refractivity contribution >= 4 is 5.91 Å². The van der Waals surface area contributed by atoms with Crippen LogP contribution in [0.25, 0.3) is 0 Å². The Balaban J connectivity index is 1.49. The van der Waals surface area contributed by atoms with Crippen LogP contribution in [0.3, 0.4) is 0 Å². The van der Waals surface area contributed by atoms with E-state index < -0.39 is 0 Å². The lowest BCUT2D eigenvalue weighted by Crippen LogP contribution is -2.40. The van der Waals surface area contributed by atoms with Crippen LogP contribution in [0.2, 0.25) is 0 Å². The van der Waals surface area contributed by atoms with Gasteiger partial charge in [-0.3, -0.25) is 9.69 Å². The number of carbonyl (C=O) groups is 1. The fourth-order valence-corrected chi connectivity index (χ4v) is 4.68. The standard InChI is InChI=1S/C24H30N2O2/c1-19-7-6-8-21(13-19)15-25-11-12-28-18-24(16-25)14-23(27)26(17-24)20(2)22-9-4-3-5-10-22/h3-10,13,20H,11-12,14-18H2,1-2H3/t20-,24-/m0/s1. The van der Waals surface area contributed by atoms with Crippen molar-refractivity contribution in [3.8, 4) is 0 Å². The Bertz CT molecular complexity index is 822. The number of ether oxygens (including phenoxy) is 1. The molecule has 28 heavy (non-hydrogen) atoms. The molecule has 0 N–H and O–H groups in total. The van der Waals surface area contributed by atoms with E-state index in [-0.39, 0.29) is 17.4 Å². The van der Waals surface area contributed by atoms with E-state index >= 15 is 0 Å². The summed E-state index contributed by atoms with van der Waals surface area (Å²) in [5.74, 6) is 0.248. The number of amides is 1. The third kappa shape index (κ3) is 4.13. The van der Waals surface area contributed by atoms with Gasteiger partial charge in [0.05, 0.1) is 19.3 Å². The maximum Gasteiger partial charge on any atom is 0.223 e. The highest BCUT2D eigenvalue weighted by Crippen LogP contribution is 2.38. The van der Waals surface area contributed by atoms with E-state index in [9.17, 15) is 4.79 Å². The Kier molecular flexibility index (Phi) is 5.51. The van der Waals surface area contributed by atoms with Crippen molar-refractivity contribution < 1.29 is 9.53 Å². The van der Waals surface area contributed by atoms with Gasteiger partial charge in [-0.1, -0.05) is 60.2 Å². The number of hydrogen-bond donors (Lipinski definition) is 0. The molecule has 2 aromatic rings. The molecular weight excluding hydrogens is 348 g/mol. The van der Waals surface area contributed by atoms with E-state index in [1.165, 1.54) is 16.7 Å². The number of hydrogen-bond acceptors (Lipinski definition) is 3. The topological polar surface area (TPSA) is 32.8 Å². The summed E-state index contributed by atoms with van der Waals surface area (Å²) in [6, 6.07) is 19.1. The van der Waals surface area contributed by atoms with Crippen molar-refractivity contribution in [1.29, 1.82) is 0 Å². The van der Waals surface area contributed by atoms with E-state index in [4.69, 9.17) is 4.74 Å². The molecule has 0 bridgehead atoms. The monoisotopic (exact) mass is 378 g/mol. The van der Waals surface area contributed by atoms with Crippen LogP contribution in [0.5, 0.6) is 0 Å². The molecule has 2 fully saturated rings. The number of carbonyl (C=O) groups excluding carboxylic acids is 1. The molecular formula is C24H30N2O2. The third-order valence-electron chi connectivity index (χ3n) is 6.11. The van der Waals surface area contributed by atoms with E-state index in [1.54, 1.807) is 0 Å². The van der Waals surface area contributed by atoms with Crippen molar-refractivity contribution in [2.24, 2.45) is 5.41 Å². The molecule has 2 aliphatic heterocycles. The van der Waals surface area contributed by atoms with Crippen LogP contribution in [0, 0.1) is 12.3 Å². The van der Waals surface area contributed by atoms with Crippen molar-refractivity contribution in [2.75, 3.05) is 32.8 Å². The molecule has 2 saturated heterocycles. The van der Waals surface area contributed by atoms with Gasteiger partial charge in [0.25, 0.3) is 0 Å². The summed E-state index contributed by atoms with van der Waals surface area (Å²) < 4.78 is 5.99. The number of aryl methyl sites for hydroxylation is 1. The molecule has 2 heterocycles. The molecule has 4 rings (SSSR count). The maximum absolute atomic E-state index is 12.9. The number of likely N-dealkylation sites (tertiary alicyclic amines) is 1. The largest absolute Gasteiger partial charge is 0.379 e. The first-order valence-electron chi connectivity index (χ1n) is 10.2. The van der Waals surface area contributed by atoms with Crippen LogP contribution in [0.4, 0.5) is 0 Å². The third-order valence-corrected chi connectivity index (χ3v) is 6.11. The minimum atomic E-state index is -0.111. The minimum Gasteiger partial charge on any atom is -0.379 e. The van der Waals surface area contributed by atoms with Crippen LogP contribution in [0.1, 0.15) is 36.1 Å². The Morgan fingerprint density at radius 2 is 1.93 bits per heavy atom. The van der Waals surface area contributed by atoms with Gasteiger partial charge >= 0.3 is 0 Å². The highest BCUT2D eigenvalue weighted by molar-refractivity contribution is 5.80. The van der Waals surface area contributed by atoms with Crippen LogP contribution in [0.15, 0.2) is 54.6 Å². The van der Waals surface area contributed by atoms with Gasteiger partial charge in [0.2, 0.25) is 5.91 Å².